The van der Waals surface area contributed by atoms with Crippen LogP contribution < -0.4 is 4.72 Å². The third kappa shape index (κ3) is 4.10. The van der Waals surface area contributed by atoms with E-state index >= 15 is 0 Å². The Hall–Kier alpha value is -1.70. The molecule has 0 atom stereocenters. The van der Waals surface area contributed by atoms with Crippen LogP contribution in [0.1, 0.15) is 40.8 Å². The number of carbonyl (C=O) groups is 1. The van der Waals surface area contributed by atoms with Gasteiger partial charge in [-0.2, -0.15) is 0 Å². The molecule has 1 amide bonds. The molecule has 2 aliphatic rings. The summed E-state index contributed by atoms with van der Waals surface area (Å²) in [6, 6.07) is 7.47. The summed E-state index contributed by atoms with van der Waals surface area (Å²) >= 11 is 1.74. The van der Waals surface area contributed by atoms with E-state index in [-0.39, 0.29) is 18.9 Å². The Kier molecular flexibility index (Phi) is 5.34. The number of sulfonamides is 1. The fraction of sp³-hybridized carbons (Fsp3) is 0.450. The molecule has 0 bridgehead atoms. The molecule has 27 heavy (non-hydrogen) atoms. The van der Waals surface area contributed by atoms with Crippen molar-refractivity contribution in [3.05, 3.63) is 51.2 Å². The molecule has 1 aromatic carbocycles. The van der Waals surface area contributed by atoms with Crippen LogP contribution in [-0.2, 0) is 40.6 Å². The van der Waals surface area contributed by atoms with Gasteiger partial charge in [-0.3, -0.25) is 4.79 Å². The number of benzene rings is 1. The van der Waals surface area contributed by atoms with Gasteiger partial charge in [-0.1, -0.05) is 6.07 Å². The fourth-order valence-electron chi connectivity index (χ4n) is 3.87. The van der Waals surface area contributed by atoms with Crippen LogP contribution in [0.4, 0.5) is 0 Å². The van der Waals surface area contributed by atoms with Crippen molar-refractivity contribution in [3.63, 3.8) is 0 Å². The van der Waals surface area contributed by atoms with Gasteiger partial charge in [-0.15, -0.1) is 11.3 Å². The highest BCUT2D eigenvalue weighted by Gasteiger charge is 2.22. The molecule has 2 aromatic rings. The number of hydrogen-bond donors (Lipinski definition) is 1. The maximum absolute atomic E-state index is 12.6. The molecule has 0 radical (unpaired) electrons. The van der Waals surface area contributed by atoms with Crippen LogP contribution in [-0.4, -0.2) is 32.3 Å². The Balaban J connectivity index is 1.33. The lowest BCUT2D eigenvalue weighted by molar-refractivity contribution is -0.131. The number of fused-ring (bicyclic) bond motifs is 2. The molecule has 0 saturated carbocycles. The number of nitrogens with one attached hydrogen (secondary N) is 1. The van der Waals surface area contributed by atoms with Gasteiger partial charge in [0, 0.05) is 30.9 Å². The predicted molar refractivity (Wildman–Crippen MR) is 106 cm³/mol. The predicted octanol–water partition coefficient (Wildman–Crippen LogP) is 2.88. The van der Waals surface area contributed by atoms with Crippen LogP contribution >= 0.6 is 11.3 Å². The van der Waals surface area contributed by atoms with Gasteiger partial charge in [0.25, 0.3) is 0 Å². The molecule has 1 aliphatic carbocycles. The van der Waals surface area contributed by atoms with Gasteiger partial charge < -0.3 is 4.90 Å². The van der Waals surface area contributed by atoms with E-state index in [9.17, 15) is 13.2 Å². The van der Waals surface area contributed by atoms with E-state index in [4.69, 9.17) is 0 Å². The van der Waals surface area contributed by atoms with Gasteiger partial charge in [0.15, 0.2) is 0 Å². The molecular formula is C20H24N2O3S2. The summed E-state index contributed by atoms with van der Waals surface area (Å²) in [5, 5.41) is 2.06. The average molecular weight is 405 g/mol. The second-order valence-electron chi connectivity index (χ2n) is 7.22. The zero-order valence-electron chi connectivity index (χ0n) is 15.2. The van der Waals surface area contributed by atoms with Gasteiger partial charge in [-0.05, 0) is 72.4 Å². The van der Waals surface area contributed by atoms with Crippen LogP contribution in [0.2, 0.25) is 0 Å². The minimum absolute atomic E-state index is 0.00000838. The minimum Gasteiger partial charge on any atom is -0.338 e. The van der Waals surface area contributed by atoms with Crippen LogP contribution in [0.3, 0.4) is 0 Å². The summed E-state index contributed by atoms with van der Waals surface area (Å²) in [6.07, 6.45) is 5.32. The smallest absolute Gasteiger partial charge is 0.240 e. The minimum atomic E-state index is -3.58. The first-order valence-electron chi connectivity index (χ1n) is 9.47. The van der Waals surface area contributed by atoms with E-state index in [0.717, 1.165) is 31.2 Å². The van der Waals surface area contributed by atoms with Gasteiger partial charge in [0.2, 0.25) is 15.9 Å². The Labute approximate surface area is 164 Å². The summed E-state index contributed by atoms with van der Waals surface area (Å²) in [6.45, 7) is 1.48. The lowest BCUT2D eigenvalue weighted by Crippen LogP contribution is -2.37. The van der Waals surface area contributed by atoms with Crippen LogP contribution in [0.15, 0.2) is 34.5 Å². The SMILES string of the molecule is O=C(CCNS(=O)(=O)c1ccc2c(c1)CCCC2)N1CCc2sccc2C1. The second-order valence-corrected chi connectivity index (χ2v) is 9.99. The van der Waals surface area contributed by atoms with Crippen molar-refractivity contribution in [2.45, 2.75) is 50.0 Å². The van der Waals surface area contributed by atoms with Crippen molar-refractivity contribution in [3.8, 4) is 0 Å². The number of thiophene rings is 1. The molecule has 1 N–H and O–H groups in total. The Morgan fingerprint density at radius 3 is 2.74 bits per heavy atom. The highest BCUT2D eigenvalue weighted by atomic mass is 32.2. The standard InChI is InChI=1S/C20H24N2O3S2/c23-20(22-11-8-19-17(14-22)9-12-26-19)7-10-21-27(24,25)18-6-5-15-3-1-2-4-16(15)13-18/h5-6,9,12-13,21H,1-4,7-8,10-11,14H2. The summed E-state index contributed by atoms with van der Waals surface area (Å²) < 4.78 is 27.7. The molecule has 1 aromatic heterocycles. The quantitative estimate of drug-likeness (QED) is 0.833. The van der Waals surface area contributed by atoms with Gasteiger partial charge >= 0.3 is 0 Å². The normalized spacial score (nSPS) is 16.7. The lowest BCUT2D eigenvalue weighted by Gasteiger charge is -2.27. The maximum atomic E-state index is 12.6. The summed E-state index contributed by atoms with van der Waals surface area (Å²) in [7, 11) is -3.58. The van der Waals surface area contributed by atoms with E-state index in [2.05, 4.69) is 16.2 Å². The Morgan fingerprint density at radius 2 is 1.89 bits per heavy atom. The van der Waals surface area contributed by atoms with Crippen molar-refractivity contribution in [1.29, 1.82) is 0 Å². The molecule has 1 aliphatic heterocycles. The summed E-state index contributed by atoms with van der Waals surface area (Å²) in [5.74, 6) is -0.00000838. The molecule has 5 nitrogen and oxygen atoms in total. The average Bonchev–Trinajstić information content (AvgIpc) is 3.15. The van der Waals surface area contributed by atoms with Crippen molar-refractivity contribution in [2.75, 3.05) is 13.1 Å². The van der Waals surface area contributed by atoms with E-state index in [1.165, 1.54) is 22.4 Å². The highest BCUT2D eigenvalue weighted by molar-refractivity contribution is 7.89. The first-order chi connectivity index (χ1) is 13.0. The van der Waals surface area contributed by atoms with Crippen molar-refractivity contribution in [2.24, 2.45) is 0 Å². The molecule has 0 fully saturated rings. The molecule has 0 unspecified atom stereocenters. The van der Waals surface area contributed by atoms with Gasteiger partial charge in [0.05, 0.1) is 4.90 Å². The maximum Gasteiger partial charge on any atom is 0.240 e. The number of aryl methyl sites for hydroxylation is 2. The number of carbonyl (C=O) groups excluding carboxylic acids is 1. The van der Waals surface area contributed by atoms with E-state index in [1.807, 2.05) is 11.0 Å². The van der Waals surface area contributed by atoms with Crippen molar-refractivity contribution < 1.29 is 13.2 Å². The largest absolute Gasteiger partial charge is 0.338 e. The second kappa shape index (κ2) is 7.73. The first-order valence-corrected chi connectivity index (χ1v) is 11.8. The number of rotatable bonds is 5. The topological polar surface area (TPSA) is 66.5 Å². The molecule has 144 valence electrons. The summed E-state index contributed by atoms with van der Waals surface area (Å²) in [5.41, 5.74) is 3.61. The van der Waals surface area contributed by atoms with Crippen LogP contribution in [0, 0.1) is 0 Å². The van der Waals surface area contributed by atoms with E-state index < -0.39 is 10.0 Å². The van der Waals surface area contributed by atoms with Crippen molar-refractivity contribution in [1.82, 2.24) is 9.62 Å². The summed E-state index contributed by atoms with van der Waals surface area (Å²) in [4.78, 5) is 15.9. The molecule has 7 heteroatoms. The lowest BCUT2D eigenvalue weighted by atomic mass is 9.92. The molecule has 2 heterocycles. The number of hydrogen-bond acceptors (Lipinski definition) is 4. The monoisotopic (exact) mass is 404 g/mol. The third-order valence-electron chi connectivity index (χ3n) is 5.42. The molecular weight excluding hydrogens is 380 g/mol. The molecule has 4 rings (SSSR count). The van der Waals surface area contributed by atoms with Gasteiger partial charge in [0.1, 0.15) is 0 Å². The fourth-order valence-corrected chi connectivity index (χ4v) is 5.84. The zero-order valence-corrected chi connectivity index (χ0v) is 16.9. The highest BCUT2D eigenvalue weighted by Crippen LogP contribution is 2.25. The Bertz CT molecular complexity index is 950. The zero-order chi connectivity index (χ0) is 18.9. The number of nitrogens with zero attached hydrogens (tertiary/aromatic N) is 1. The Morgan fingerprint density at radius 1 is 1.07 bits per heavy atom. The van der Waals surface area contributed by atoms with Crippen LogP contribution in [0.25, 0.3) is 0 Å². The van der Waals surface area contributed by atoms with E-state index in [0.29, 0.717) is 18.0 Å². The first kappa shape index (κ1) is 18.7. The van der Waals surface area contributed by atoms with Crippen LogP contribution in [0.5, 0.6) is 0 Å². The molecule has 0 spiro atoms. The van der Waals surface area contributed by atoms with Gasteiger partial charge in [-0.25, -0.2) is 13.1 Å². The third-order valence-corrected chi connectivity index (χ3v) is 7.90. The van der Waals surface area contributed by atoms with Crippen molar-refractivity contribution >= 4 is 27.3 Å². The molecule has 0 saturated heterocycles. The van der Waals surface area contributed by atoms with E-state index in [1.54, 1.807) is 23.5 Å². The number of amides is 1.